The van der Waals surface area contributed by atoms with E-state index in [1.807, 2.05) is 0 Å². The van der Waals surface area contributed by atoms with E-state index >= 15 is 0 Å². The van der Waals surface area contributed by atoms with Gasteiger partial charge in [0.25, 0.3) is 0 Å². The van der Waals surface area contributed by atoms with E-state index in [-0.39, 0.29) is 0 Å². The van der Waals surface area contributed by atoms with Crippen LogP contribution in [0.5, 0.6) is 0 Å². The second-order valence-corrected chi connectivity index (χ2v) is 7.34. The lowest BCUT2D eigenvalue weighted by molar-refractivity contribution is -0.0169. The summed E-state index contributed by atoms with van der Waals surface area (Å²) in [5.41, 5.74) is 0. The first-order chi connectivity index (χ1) is 15.4. The highest BCUT2D eigenvalue weighted by atomic mass is 16.6. The quantitative estimate of drug-likeness (QED) is 0.136. The zero-order chi connectivity index (χ0) is 22.5. The largest absolute Gasteiger partial charge is 0.379 e. The Morgan fingerprint density at radius 1 is 0.258 bits per heavy atom. The van der Waals surface area contributed by atoms with Gasteiger partial charge in [0.15, 0.2) is 0 Å². The van der Waals surface area contributed by atoms with Crippen molar-refractivity contribution in [2.75, 3.05) is 79.3 Å². The molecule has 9 nitrogen and oxygen atoms in total. The summed E-state index contributed by atoms with van der Waals surface area (Å²) >= 11 is 0. The molecule has 0 aliphatic carbocycles. The van der Waals surface area contributed by atoms with Gasteiger partial charge in [-0.25, -0.2) is 11.8 Å². The second-order valence-electron chi connectivity index (χ2n) is 7.34. The van der Waals surface area contributed by atoms with E-state index in [1.54, 1.807) is 0 Å². The molecule has 0 aromatic heterocycles. The summed E-state index contributed by atoms with van der Waals surface area (Å²) < 4.78 is 27.1. The van der Waals surface area contributed by atoms with Crippen molar-refractivity contribution in [1.82, 2.24) is 0 Å². The van der Waals surface area contributed by atoms with Crippen molar-refractivity contribution in [3.8, 4) is 0 Å². The van der Waals surface area contributed by atoms with Gasteiger partial charge in [-0.05, 0) is 12.8 Å². The molecule has 0 aliphatic heterocycles. The van der Waals surface area contributed by atoms with Crippen LogP contribution in [0.1, 0.15) is 64.2 Å². The Kier molecular flexibility index (Phi) is 29.3. The Balaban J connectivity index is 2.98. The zero-order valence-electron chi connectivity index (χ0n) is 19.6. The Labute approximate surface area is 189 Å². The van der Waals surface area contributed by atoms with Crippen molar-refractivity contribution >= 4 is 0 Å². The third kappa shape index (κ3) is 29.6. The molecule has 9 heteroatoms. The Hall–Kier alpha value is -0.360. The maximum Gasteiger partial charge on any atom is 0.0913 e. The Morgan fingerprint density at radius 3 is 0.871 bits per heavy atom. The van der Waals surface area contributed by atoms with Gasteiger partial charge in [-0.15, -0.1) is 0 Å². The third-order valence-electron chi connectivity index (χ3n) is 4.63. The lowest BCUT2D eigenvalue weighted by atomic mass is 10.1. The number of rotatable bonds is 28. The molecule has 0 heterocycles. The number of unbranched alkanes of at least 4 members (excludes halogenated alkanes) is 9. The molecular formula is C22H48N2O7. The Bertz CT molecular complexity index is 288. The van der Waals surface area contributed by atoms with Crippen LogP contribution in [0, 0.1) is 0 Å². The predicted octanol–water partition coefficient (Wildman–Crippen LogP) is 2.75. The van der Waals surface area contributed by atoms with Gasteiger partial charge in [0, 0.05) is 6.61 Å². The summed E-state index contributed by atoms with van der Waals surface area (Å²) in [5.74, 6) is 9.89. The number of hydrogen-bond donors (Lipinski definition) is 2. The standard InChI is InChI=1S/C22H48N2O7/c23-30-12-10-8-6-4-2-1-3-5-7-9-11-25-13-14-26-15-16-27-17-18-28-19-20-29-21-22-31-24/h1-24H2. The molecule has 0 aromatic carbocycles. The van der Waals surface area contributed by atoms with Crippen molar-refractivity contribution < 1.29 is 33.4 Å². The van der Waals surface area contributed by atoms with Crippen LogP contribution in [0.4, 0.5) is 0 Å². The molecule has 0 saturated carbocycles. The highest BCUT2D eigenvalue weighted by Gasteiger charge is 1.95. The molecule has 0 spiro atoms. The first kappa shape index (κ1) is 30.6. The smallest absolute Gasteiger partial charge is 0.0913 e. The summed E-state index contributed by atoms with van der Waals surface area (Å²) in [4.78, 5) is 8.95. The minimum absolute atomic E-state index is 0.391. The fourth-order valence-corrected chi connectivity index (χ4v) is 2.89. The lowest BCUT2D eigenvalue weighted by Crippen LogP contribution is -2.14. The first-order valence-electron chi connectivity index (χ1n) is 11.9. The minimum atomic E-state index is 0.391. The molecule has 0 amide bonds. The second kappa shape index (κ2) is 29.6. The van der Waals surface area contributed by atoms with E-state index in [2.05, 4.69) is 9.68 Å². The molecule has 0 radical (unpaired) electrons. The summed E-state index contributed by atoms with van der Waals surface area (Å²) in [7, 11) is 0. The number of ether oxygens (including phenoxy) is 5. The molecule has 0 atom stereocenters. The van der Waals surface area contributed by atoms with Crippen LogP contribution in [0.25, 0.3) is 0 Å². The van der Waals surface area contributed by atoms with Gasteiger partial charge < -0.3 is 33.4 Å². The average molecular weight is 453 g/mol. The maximum absolute atomic E-state index is 5.60. The summed E-state index contributed by atoms with van der Waals surface area (Å²) in [6, 6.07) is 0. The highest BCUT2D eigenvalue weighted by molar-refractivity contribution is 4.48. The monoisotopic (exact) mass is 452 g/mol. The fraction of sp³-hybridized carbons (Fsp3) is 1.00. The van der Waals surface area contributed by atoms with Gasteiger partial charge in [-0.2, -0.15) is 0 Å². The molecule has 0 rings (SSSR count). The highest BCUT2D eigenvalue weighted by Crippen LogP contribution is 2.10. The van der Waals surface area contributed by atoms with Gasteiger partial charge in [-0.1, -0.05) is 51.4 Å². The van der Waals surface area contributed by atoms with Crippen molar-refractivity contribution in [2.45, 2.75) is 64.2 Å². The fourth-order valence-electron chi connectivity index (χ4n) is 2.89. The van der Waals surface area contributed by atoms with E-state index < -0.39 is 0 Å². The van der Waals surface area contributed by atoms with Crippen molar-refractivity contribution in [2.24, 2.45) is 11.8 Å². The van der Waals surface area contributed by atoms with Crippen LogP contribution in [0.15, 0.2) is 0 Å². The van der Waals surface area contributed by atoms with Crippen LogP contribution >= 0.6 is 0 Å². The number of nitrogens with two attached hydrogens (primary N) is 2. The third-order valence-corrected chi connectivity index (χ3v) is 4.63. The SMILES string of the molecule is NOCCCCCCCCCCCCOCCOCCOCCOCCOCCON. The minimum Gasteiger partial charge on any atom is -0.379 e. The average Bonchev–Trinajstić information content (AvgIpc) is 2.78. The van der Waals surface area contributed by atoms with E-state index in [0.29, 0.717) is 72.7 Å². The molecule has 0 aromatic rings. The molecular weight excluding hydrogens is 404 g/mol. The van der Waals surface area contributed by atoms with Crippen LogP contribution in [-0.2, 0) is 33.4 Å². The Morgan fingerprint density at radius 2 is 0.516 bits per heavy atom. The summed E-state index contributed by atoms with van der Waals surface area (Å²) in [6.45, 7) is 6.94. The normalized spacial score (nSPS) is 11.4. The van der Waals surface area contributed by atoms with Crippen molar-refractivity contribution in [3.63, 3.8) is 0 Å². The molecule has 0 saturated heterocycles. The molecule has 0 fully saturated rings. The van der Waals surface area contributed by atoms with E-state index in [1.165, 1.54) is 51.4 Å². The van der Waals surface area contributed by atoms with Crippen LogP contribution < -0.4 is 11.8 Å². The molecule has 4 N–H and O–H groups in total. The van der Waals surface area contributed by atoms with Crippen LogP contribution in [-0.4, -0.2) is 79.3 Å². The number of hydrogen-bond acceptors (Lipinski definition) is 9. The summed E-state index contributed by atoms with van der Waals surface area (Å²) in [6.07, 6.45) is 12.6. The molecule has 0 unspecified atom stereocenters. The first-order valence-corrected chi connectivity index (χ1v) is 11.9. The van der Waals surface area contributed by atoms with Crippen LogP contribution in [0.3, 0.4) is 0 Å². The van der Waals surface area contributed by atoms with Crippen LogP contribution in [0.2, 0.25) is 0 Å². The molecule has 31 heavy (non-hydrogen) atoms. The summed E-state index contributed by atoms with van der Waals surface area (Å²) in [5, 5.41) is 0. The van der Waals surface area contributed by atoms with Crippen molar-refractivity contribution in [1.29, 1.82) is 0 Å². The van der Waals surface area contributed by atoms with Gasteiger partial charge in [0.05, 0.1) is 72.7 Å². The van der Waals surface area contributed by atoms with Gasteiger partial charge in [0.1, 0.15) is 0 Å². The maximum atomic E-state index is 5.60. The molecule has 0 bridgehead atoms. The predicted molar refractivity (Wildman–Crippen MR) is 121 cm³/mol. The van der Waals surface area contributed by atoms with E-state index in [9.17, 15) is 0 Å². The van der Waals surface area contributed by atoms with Crippen molar-refractivity contribution in [3.05, 3.63) is 0 Å². The topological polar surface area (TPSA) is 117 Å². The van der Waals surface area contributed by atoms with Gasteiger partial charge >= 0.3 is 0 Å². The van der Waals surface area contributed by atoms with E-state index in [4.69, 9.17) is 35.5 Å². The van der Waals surface area contributed by atoms with Gasteiger partial charge in [-0.3, -0.25) is 0 Å². The zero-order valence-corrected chi connectivity index (χ0v) is 19.6. The lowest BCUT2D eigenvalue weighted by Gasteiger charge is -2.08. The van der Waals surface area contributed by atoms with Gasteiger partial charge in [0.2, 0.25) is 0 Å². The molecule has 188 valence electrons. The molecule has 0 aliphatic rings. The van der Waals surface area contributed by atoms with E-state index in [0.717, 1.165) is 19.4 Å².